The summed E-state index contributed by atoms with van der Waals surface area (Å²) in [6, 6.07) is 6.21. The maximum atomic E-state index is 13.0. The van der Waals surface area contributed by atoms with E-state index in [1.807, 2.05) is 0 Å². The molecule has 2 rings (SSSR count). The number of urea groups is 1. The molecule has 2 amide bonds. The van der Waals surface area contributed by atoms with Gasteiger partial charge in [0.2, 0.25) is 5.92 Å². The van der Waals surface area contributed by atoms with Crippen LogP contribution in [-0.2, 0) is 0 Å². The van der Waals surface area contributed by atoms with Crippen molar-refractivity contribution in [1.29, 1.82) is 0 Å². The van der Waals surface area contributed by atoms with Gasteiger partial charge < -0.3 is 16.4 Å². The minimum absolute atomic E-state index is 0.170. The molecule has 1 saturated carbocycles. The number of nitrogen functional groups attached to an aromatic ring is 1. The second-order valence-electron chi connectivity index (χ2n) is 4.85. The highest BCUT2D eigenvalue weighted by Crippen LogP contribution is 2.32. The van der Waals surface area contributed by atoms with Gasteiger partial charge in [-0.2, -0.15) is 0 Å². The zero-order valence-electron chi connectivity index (χ0n) is 10.5. The number of halogens is 2. The van der Waals surface area contributed by atoms with E-state index in [1.165, 1.54) is 0 Å². The molecular formula is C13H17F2N3O. The van der Waals surface area contributed by atoms with Gasteiger partial charge in [0.05, 0.1) is 0 Å². The smallest absolute Gasteiger partial charge is 0.319 e. The van der Waals surface area contributed by atoms with Crippen molar-refractivity contribution in [3.8, 4) is 0 Å². The van der Waals surface area contributed by atoms with E-state index < -0.39 is 5.92 Å². The molecule has 0 heterocycles. The average Bonchev–Trinajstić information content (AvgIpc) is 2.32. The minimum Gasteiger partial charge on any atom is -0.399 e. The highest BCUT2D eigenvalue weighted by atomic mass is 19.3. The van der Waals surface area contributed by atoms with Crippen LogP contribution in [0.25, 0.3) is 0 Å². The van der Waals surface area contributed by atoms with Gasteiger partial charge in [-0.1, -0.05) is 6.07 Å². The molecule has 0 radical (unpaired) electrons. The first-order valence-electron chi connectivity index (χ1n) is 6.25. The molecule has 0 aromatic heterocycles. The van der Waals surface area contributed by atoms with Gasteiger partial charge in [-0.3, -0.25) is 0 Å². The summed E-state index contributed by atoms with van der Waals surface area (Å²) in [6.07, 6.45) is 0.265. The van der Waals surface area contributed by atoms with E-state index in [0.29, 0.717) is 24.2 Å². The molecule has 1 aliphatic carbocycles. The van der Waals surface area contributed by atoms with Crippen LogP contribution in [-0.4, -0.2) is 18.0 Å². The third kappa shape index (κ3) is 4.08. The first kappa shape index (κ1) is 13.6. The number of carbonyl (C=O) groups excluding carboxylic acids is 1. The molecule has 1 aromatic rings. The van der Waals surface area contributed by atoms with E-state index in [1.54, 1.807) is 24.3 Å². The van der Waals surface area contributed by atoms with Crippen molar-refractivity contribution in [2.24, 2.45) is 0 Å². The molecule has 4 N–H and O–H groups in total. The molecule has 4 nitrogen and oxygen atoms in total. The summed E-state index contributed by atoms with van der Waals surface area (Å²) in [6.45, 7) is 0. The van der Waals surface area contributed by atoms with Crippen molar-refractivity contribution in [3.63, 3.8) is 0 Å². The standard InChI is InChI=1S/C13H17F2N3O/c14-13(15)6-4-10(5-7-13)17-12(19)18-11-3-1-2-9(16)8-11/h1-3,8,10H,4-7,16H2,(H2,17,18,19). The number of hydrogen-bond acceptors (Lipinski definition) is 2. The Morgan fingerprint density at radius 3 is 2.63 bits per heavy atom. The summed E-state index contributed by atoms with van der Waals surface area (Å²) < 4.78 is 25.9. The maximum absolute atomic E-state index is 13.0. The van der Waals surface area contributed by atoms with Crippen molar-refractivity contribution >= 4 is 17.4 Å². The summed E-state index contributed by atoms with van der Waals surface area (Å²) in [5.74, 6) is -2.58. The number of benzene rings is 1. The normalized spacial score (nSPS) is 18.8. The SMILES string of the molecule is Nc1cccc(NC(=O)NC2CCC(F)(F)CC2)c1. The highest BCUT2D eigenvalue weighted by molar-refractivity contribution is 5.89. The van der Waals surface area contributed by atoms with Gasteiger partial charge in [0.15, 0.2) is 0 Å². The molecule has 0 bridgehead atoms. The van der Waals surface area contributed by atoms with Crippen molar-refractivity contribution in [3.05, 3.63) is 24.3 Å². The molecule has 0 aliphatic heterocycles. The Kier molecular flexibility index (Phi) is 3.87. The minimum atomic E-state index is -2.58. The predicted molar refractivity (Wildman–Crippen MR) is 70.2 cm³/mol. The van der Waals surface area contributed by atoms with Crippen LogP contribution in [0, 0.1) is 0 Å². The van der Waals surface area contributed by atoms with Crippen LogP contribution in [0.3, 0.4) is 0 Å². The van der Waals surface area contributed by atoms with Crippen LogP contribution in [0.15, 0.2) is 24.3 Å². The first-order valence-corrected chi connectivity index (χ1v) is 6.25. The molecule has 0 unspecified atom stereocenters. The fourth-order valence-corrected chi connectivity index (χ4v) is 2.15. The fraction of sp³-hybridized carbons (Fsp3) is 0.462. The van der Waals surface area contributed by atoms with Crippen molar-refractivity contribution < 1.29 is 13.6 Å². The lowest BCUT2D eigenvalue weighted by Gasteiger charge is -2.28. The Bertz CT molecular complexity index is 455. The highest BCUT2D eigenvalue weighted by Gasteiger charge is 2.35. The van der Waals surface area contributed by atoms with Crippen LogP contribution in [0.4, 0.5) is 25.0 Å². The van der Waals surface area contributed by atoms with Crippen molar-refractivity contribution in [1.82, 2.24) is 5.32 Å². The van der Waals surface area contributed by atoms with Crippen LogP contribution in [0.5, 0.6) is 0 Å². The van der Waals surface area contributed by atoms with Crippen LogP contribution >= 0.6 is 0 Å². The Morgan fingerprint density at radius 2 is 2.00 bits per heavy atom. The first-order chi connectivity index (χ1) is 8.94. The van der Waals surface area contributed by atoms with E-state index in [9.17, 15) is 13.6 Å². The Hall–Kier alpha value is -1.85. The molecule has 104 valence electrons. The van der Waals surface area contributed by atoms with Gasteiger partial charge in [-0.05, 0) is 31.0 Å². The van der Waals surface area contributed by atoms with Crippen LogP contribution < -0.4 is 16.4 Å². The van der Waals surface area contributed by atoms with Crippen molar-refractivity contribution in [2.45, 2.75) is 37.6 Å². The number of alkyl halides is 2. The molecule has 1 aromatic carbocycles. The Labute approximate surface area is 110 Å². The summed E-state index contributed by atoms with van der Waals surface area (Å²) in [5.41, 5.74) is 6.73. The lowest BCUT2D eigenvalue weighted by atomic mass is 9.92. The third-order valence-electron chi connectivity index (χ3n) is 3.20. The Morgan fingerprint density at radius 1 is 1.32 bits per heavy atom. The number of carbonyl (C=O) groups is 1. The van der Waals surface area contributed by atoms with Gasteiger partial charge in [0.1, 0.15) is 0 Å². The lowest BCUT2D eigenvalue weighted by molar-refractivity contribution is -0.0394. The fourth-order valence-electron chi connectivity index (χ4n) is 2.15. The molecule has 0 atom stereocenters. The topological polar surface area (TPSA) is 67.1 Å². The quantitative estimate of drug-likeness (QED) is 0.722. The monoisotopic (exact) mass is 269 g/mol. The van der Waals surface area contributed by atoms with Gasteiger partial charge in [-0.15, -0.1) is 0 Å². The number of rotatable bonds is 2. The molecular weight excluding hydrogens is 252 g/mol. The summed E-state index contributed by atoms with van der Waals surface area (Å²) >= 11 is 0. The molecule has 1 fully saturated rings. The summed E-state index contributed by atoms with van der Waals surface area (Å²) in [4.78, 5) is 11.7. The number of amides is 2. The average molecular weight is 269 g/mol. The molecule has 6 heteroatoms. The van der Waals surface area contributed by atoms with E-state index >= 15 is 0 Å². The van der Waals surface area contributed by atoms with Gasteiger partial charge in [0.25, 0.3) is 0 Å². The zero-order valence-corrected chi connectivity index (χ0v) is 10.5. The second-order valence-corrected chi connectivity index (χ2v) is 4.85. The lowest BCUT2D eigenvalue weighted by Crippen LogP contribution is -2.42. The van der Waals surface area contributed by atoms with Crippen LogP contribution in [0.1, 0.15) is 25.7 Å². The summed E-state index contributed by atoms with van der Waals surface area (Å²) in [7, 11) is 0. The maximum Gasteiger partial charge on any atom is 0.319 e. The zero-order chi connectivity index (χ0) is 13.9. The van der Waals surface area contributed by atoms with E-state index in [4.69, 9.17) is 5.73 Å². The number of hydrogen-bond donors (Lipinski definition) is 3. The third-order valence-corrected chi connectivity index (χ3v) is 3.20. The van der Waals surface area contributed by atoms with Gasteiger partial charge >= 0.3 is 6.03 Å². The molecule has 1 aliphatic rings. The number of nitrogens with one attached hydrogen (secondary N) is 2. The molecule has 0 saturated heterocycles. The van der Waals surface area contributed by atoms with E-state index in [-0.39, 0.29) is 24.9 Å². The van der Waals surface area contributed by atoms with E-state index in [0.717, 1.165) is 0 Å². The van der Waals surface area contributed by atoms with Crippen LogP contribution in [0.2, 0.25) is 0 Å². The number of nitrogens with two attached hydrogens (primary N) is 1. The molecule has 0 spiro atoms. The van der Waals surface area contributed by atoms with E-state index in [2.05, 4.69) is 10.6 Å². The molecule has 19 heavy (non-hydrogen) atoms. The Balaban J connectivity index is 1.82. The number of anilines is 2. The van der Waals surface area contributed by atoms with Crippen molar-refractivity contribution in [2.75, 3.05) is 11.1 Å². The van der Waals surface area contributed by atoms with Gasteiger partial charge in [-0.25, -0.2) is 13.6 Å². The summed E-state index contributed by atoms with van der Waals surface area (Å²) in [5, 5.41) is 5.33. The predicted octanol–water partition coefficient (Wildman–Crippen LogP) is 2.97. The van der Waals surface area contributed by atoms with Gasteiger partial charge in [0, 0.05) is 30.3 Å². The second kappa shape index (κ2) is 5.42. The largest absolute Gasteiger partial charge is 0.399 e.